The minimum atomic E-state index is -0.194. The normalized spacial score (nSPS) is 14.6. The zero-order chi connectivity index (χ0) is 14.8. The first-order chi connectivity index (χ1) is 10.1. The molecule has 0 radical (unpaired) electrons. The van der Waals surface area contributed by atoms with Gasteiger partial charge in [0.15, 0.2) is 5.76 Å². The molecule has 0 aromatic carbocycles. The number of amides is 1. The van der Waals surface area contributed by atoms with Crippen molar-refractivity contribution in [2.75, 3.05) is 0 Å². The predicted octanol–water partition coefficient (Wildman–Crippen LogP) is 2.40. The van der Waals surface area contributed by atoms with Gasteiger partial charge in [-0.15, -0.1) is 0 Å². The average molecular weight is 288 g/mol. The number of aromatic nitrogens is 3. The highest BCUT2D eigenvalue weighted by Crippen LogP contribution is 2.38. The van der Waals surface area contributed by atoms with Gasteiger partial charge in [0.2, 0.25) is 0 Å². The monoisotopic (exact) mass is 288 g/mol. The molecule has 0 saturated heterocycles. The van der Waals surface area contributed by atoms with E-state index in [2.05, 4.69) is 34.5 Å². The highest BCUT2D eigenvalue weighted by Gasteiger charge is 2.26. The molecule has 0 unspecified atom stereocenters. The number of carbonyl (C=O) groups excluding carboxylic acids is 1. The third kappa shape index (κ3) is 3.51. The highest BCUT2D eigenvalue weighted by molar-refractivity contribution is 5.92. The summed E-state index contributed by atoms with van der Waals surface area (Å²) in [5, 5.41) is 13.8. The van der Waals surface area contributed by atoms with E-state index in [-0.39, 0.29) is 5.91 Å². The smallest absolute Gasteiger partial charge is 0.272 e. The lowest BCUT2D eigenvalue weighted by molar-refractivity contribution is 0.0942. The van der Waals surface area contributed by atoms with Crippen LogP contribution in [0.4, 0.5) is 0 Å². The summed E-state index contributed by atoms with van der Waals surface area (Å²) in [7, 11) is 0. The van der Waals surface area contributed by atoms with Crippen molar-refractivity contribution in [2.24, 2.45) is 5.92 Å². The summed E-state index contributed by atoms with van der Waals surface area (Å²) in [4.78, 5) is 12.0. The second-order valence-corrected chi connectivity index (χ2v) is 6.05. The van der Waals surface area contributed by atoms with E-state index in [0.29, 0.717) is 29.8 Å². The van der Waals surface area contributed by atoms with Crippen LogP contribution in [-0.4, -0.2) is 21.3 Å². The molecule has 2 N–H and O–H groups in total. The van der Waals surface area contributed by atoms with Crippen molar-refractivity contribution in [3.8, 4) is 0 Å². The Kier molecular flexibility index (Phi) is 3.77. The van der Waals surface area contributed by atoms with E-state index in [0.717, 1.165) is 17.8 Å². The molecule has 1 saturated carbocycles. The number of rotatable bonds is 6. The number of aromatic amines is 1. The number of nitrogens with zero attached hydrogens (tertiary/aromatic N) is 2. The Hall–Kier alpha value is -2.11. The summed E-state index contributed by atoms with van der Waals surface area (Å²) < 4.78 is 5.21. The standard InChI is InChI=1S/C15H20N4O2/c1-9(2)5-11-6-12(21-19-11)8-16-15(20)14-7-13(17-18-14)10-3-4-10/h6-7,9-10H,3-5,8H2,1-2H3,(H,16,20)(H,17,18). The molecular formula is C15H20N4O2. The van der Waals surface area contributed by atoms with Gasteiger partial charge in [-0.3, -0.25) is 9.89 Å². The maximum absolute atomic E-state index is 12.0. The lowest BCUT2D eigenvalue weighted by Crippen LogP contribution is -2.22. The summed E-state index contributed by atoms with van der Waals surface area (Å²) in [6.07, 6.45) is 3.24. The first-order valence-electron chi connectivity index (χ1n) is 7.40. The topological polar surface area (TPSA) is 83.8 Å². The van der Waals surface area contributed by atoms with Crippen molar-refractivity contribution in [1.82, 2.24) is 20.7 Å². The van der Waals surface area contributed by atoms with Gasteiger partial charge in [-0.2, -0.15) is 5.10 Å². The maximum Gasteiger partial charge on any atom is 0.272 e. The van der Waals surface area contributed by atoms with Gasteiger partial charge in [-0.25, -0.2) is 0 Å². The fourth-order valence-electron chi connectivity index (χ4n) is 2.27. The zero-order valence-corrected chi connectivity index (χ0v) is 12.3. The molecule has 6 nitrogen and oxygen atoms in total. The third-order valence-electron chi connectivity index (χ3n) is 3.50. The van der Waals surface area contributed by atoms with Crippen molar-refractivity contribution in [1.29, 1.82) is 0 Å². The largest absolute Gasteiger partial charge is 0.359 e. The molecule has 0 aliphatic heterocycles. The van der Waals surface area contributed by atoms with Crippen LogP contribution >= 0.6 is 0 Å². The molecule has 112 valence electrons. The van der Waals surface area contributed by atoms with Gasteiger partial charge in [0.25, 0.3) is 5.91 Å². The molecule has 0 atom stereocenters. The van der Waals surface area contributed by atoms with Gasteiger partial charge in [-0.05, 0) is 31.2 Å². The molecule has 1 fully saturated rings. The van der Waals surface area contributed by atoms with Gasteiger partial charge in [0, 0.05) is 17.7 Å². The zero-order valence-electron chi connectivity index (χ0n) is 12.3. The molecule has 6 heteroatoms. The highest BCUT2D eigenvalue weighted by atomic mass is 16.5. The van der Waals surface area contributed by atoms with E-state index in [1.165, 1.54) is 12.8 Å². The molecular weight excluding hydrogens is 268 g/mol. The average Bonchev–Trinajstić information content (AvgIpc) is 3.00. The second-order valence-electron chi connectivity index (χ2n) is 6.05. The molecule has 2 aromatic rings. The van der Waals surface area contributed by atoms with Gasteiger partial charge in [-0.1, -0.05) is 19.0 Å². The Morgan fingerprint density at radius 1 is 1.48 bits per heavy atom. The minimum absolute atomic E-state index is 0.194. The SMILES string of the molecule is CC(C)Cc1cc(CNC(=O)c2cc(C3CC3)[nH]n2)on1. The van der Waals surface area contributed by atoms with E-state index in [4.69, 9.17) is 4.52 Å². The molecule has 3 rings (SSSR count). The fourth-order valence-corrected chi connectivity index (χ4v) is 2.27. The summed E-state index contributed by atoms with van der Waals surface area (Å²) >= 11 is 0. The van der Waals surface area contributed by atoms with Gasteiger partial charge >= 0.3 is 0 Å². The van der Waals surface area contributed by atoms with E-state index < -0.39 is 0 Å². The third-order valence-corrected chi connectivity index (χ3v) is 3.50. The molecule has 2 aromatic heterocycles. The number of carbonyl (C=O) groups is 1. The fraction of sp³-hybridized carbons (Fsp3) is 0.533. The molecule has 1 amide bonds. The van der Waals surface area contributed by atoms with Crippen LogP contribution in [0.15, 0.2) is 16.7 Å². The Bertz CT molecular complexity index is 625. The Balaban J connectivity index is 1.53. The molecule has 1 aliphatic carbocycles. The first kappa shape index (κ1) is 13.9. The summed E-state index contributed by atoms with van der Waals surface area (Å²) in [6.45, 7) is 4.59. The van der Waals surface area contributed by atoms with E-state index >= 15 is 0 Å². The van der Waals surface area contributed by atoms with Crippen LogP contribution in [0.2, 0.25) is 0 Å². The van der Waals surface area contributed by atoms with Crippen molar-refractivity contribution in [2.45, 2.75) is 45.6 Å². The van der Waals surface area contributed by atoms with Crippen molar-refractivity contribution >= 4 is 5.91 Å². The summed E-state index contributed by atoms with van der Waals surface area (Å²) in [5.74, 6) is 1.56. The summed E-state index contributed by atoms with van der Waals surface area (Å²) in [5.41, 5.74) is 2.41. The van der Waals surface area contributed by atoms with E-state index in [1.807, 2.05) is 12.1 Å². The Morgan fingerprint density at radius 3 is 3.00 bits per heavy atom. The van der Waals surface area contributed by atoms with Crippen LogP contribution in [0.5, 0.6) is 0 Å². The summed E-state index contributed by atoms with van der Waals surface area (Å²) in [6, 6.07) is 3.72. The number of hydrogen-bond acceptors (Lipinski definition) is 4. The van der Waals surface area contributed by atoms with Crippen LogP contribution < -0.4 is 5.32 Å². The lowest BCUT2D eigenvalue weighted by Gasteiger charge is -1.99. The number of H-pyrrole nitrogens is 1. The molecule has 0 bridgehead atoms. The predicted molar refractivity (Wildman–Crippen MR) is 76.8 cm³/mol. The quantitative estimate of drug-likeness (QED) is 0.855. The Labute approximate surface area is 123 Å². The van der Waals surface area contributed by atoms with Crippen LogP contribution in [0, 0.1) is 5.92 Å². The second kappa shape index (κ2) is 5.71. The van der Waals surface area contributed by atoms with Crippen LogP contribution in [0.25, 0.3) is 0 Å². The van der Waals surface area contributed by atoms with E-state index in [1.54, 1.807) is 0 Å². The maximum atomic E-state index is 12.0. The number of nitrogens with one attached hydrogen (secondary N) is 2. The van der Waals surface area contributed by atoms with Crippen molar-refractivity contribution < 1.29 is 9.32 Å². The molecule has 2 heterocycles. The van der Waals surface area contributed by atoms with Gasteiger partial charge in [0.05, 0.1) is 12.2 Å². The molecule has 21 heavy (non-hydrogen) atoms. The lowest BCUT2D eigenvalue weighted by atomic mass is 10.1. The number of hydrogen-bond donors (Lipinski definition) is 2. The van der Waals surface area contributed by atoms with Crippen LogP contribution in [-0.2, 0) is 13.0 Å². The van der Waals surface area contributed by atoms with Crippen LogP contribution in [0.1, 0.15) is 60.2 Å². The minimum Gasteiger partial charge on any atom is -0.359 e. The van der Waals surface area contributed by atoms with Gasteiger partial charge in [0.1, 0.15) is 5.69 Å². The molecule has 0 spiro atoms. The van der Waals surface area contributed by atoms with Crippen LogP contribution in [0.3, 0.4) is 0 Å². The Morgan fingerprint density at radius 2 is 2.29 bits per heavy atom. The van der Waals surface area contributed by atoms with Crippen molar-refractivity contribution in [3.63, 3.8) is 0 Å². The molecule has 1 aliphatic rings. The van der Waals surface area contributed by atoms with Gasteiger partial charge < -0.3 is 9.84 Å². The van der Waals surface area contributed by atoms with E-state index in [9.17, 15) is 4.79 Å². The van der Waals surface area contributed by atoms with Crippen molar-refractivity contribution in [3.05, 3.63) is 35.0 Å². The first-order valence-corrected chi connectivity index (χ1v) is 7.40.